The molecule has 0 aromatic heterocycles. The largest absolute Gasteiger partial charge is 0.495 e. The van der Waals surface area contributed by atoms with E-state index in [1.54, 1.807) is 12.1 Å². The lowest BCUT2D eigenvalue weighted by atomic mass is 9.84. The Balaban J connectivity index is 1.70. The molecule has 2 fully saturated rings. The van der Waals surface area contributed by atoms with Gasteiger partial charge in [-0.2, -0.15) is 0 Å². The van der Waals surface area contributed by atoms with Gasteiger partial charge < -0.3 is 15.4 Å². The van der Waals surface area contributed by atoms with Gasteiger partial charge in [-0.3, -0.25) is 14.5 Å². The molecular weight excluding hydrogens is 346 g/mol. The maximum atomic E-state index is 13.0. The van der Waals surface area contributed by atoms with Crippen LogP contribution in [0.4, 0.5) is 10.5 Å². The van der Waals surface area contributed by atoms with Crippen LogP contribution >= 0.6 is 0 Å². The molecule has 1 saturated carbocycles. The third-order valence-electron chi connectivity index (χ3n) is 5.38. The Kier molecular flexibility index (Phi) is 5.68. The van der Waals surface area contributed by atoms with Gasteiger partial charge in [0.25, 0.3) is 5.91 Å². The van der Waals surface area contributed by atoms with E-state index in [1.807, 2.05) is 13.0 Å². The summed E-state index contributed by atoms with van der Waals surface area (Å²) in [5.74, 6) is -0.173. The van der Waals surface area contributed by atoms with E-state index >= 15 is 0 Å². The third-order valence-corrected chi connectivity index (χ3v) is 5.38. The highest BCUT2D eigenvalue weighted by atomic mass is 16.5. The molecular formula is C20H27N3O4. The molecule has 0 radical (unpaired) electrons. The predicted octanol–water partition coefficient (Wildman–Crippen LogP) is 2.98. The summed E-state index contributed by atoms with van der Waals surface area (Å²) >= 11 is 0. The van der Waals surface area contributed by atoms with E-state index in [4.69, 9.17) is 4.74 Å². The summed E-state index contributed by atoms with van der Waals surface area (Å²) in [5, 5.41) is 5.62. The normalized spacial score (nSPS) is 19.4. The summed E-state index contributed by atoms with van der Waals surface area (Å²) in [7, 11) is 1.52. The number of carbonyl (C=O) groups excluding carboxylic acids is 3. The number of nitrogens with one attached hydrogen (secondary N) is 2. The number of rotatable bonds is 4. The van der Waals surface area contributed by atoms with Crippen LogP contribution in [0.1, 0.15) is 50.5 Å². The minimum atomic E-state index is -0.835. The van der Waals surface area contributed by atoms with E-state index in [0.29, 0.717) is 24.3 Å². The van der Waals surface area contributed by atoms with Gasteiger partial charge in [0.2, 0.25) is 5.91 Å². The first-order valence-electron chi connectivity index (χ1n) is 9.54. The van der Waals surface area contributed by atoms with Crippen LogP contribution in [0.25, 0.3) is 0 Å². The van der Waals surface area contributed by atoms with E-state index in [2.05, 4.69) is 10.6 Å². The number of nitrogens with zero attached hydrogens (tertiary/aromatic N) is 1. The van der Waals surface area contributed by atoms with E-state index < -0.39 is 17.5 Å². The maximum Gasteiger partial charge on any atom is 0.325 e. The summed E-state index contributed by atoms with van der Waals surface area (Å²) in [4.78, 5) is 38.9. The summed E-state index contributed by atoms with van der Waals surface area (Å²) < 4.78 is 5.25. The number of urea groups is 1. The SMILES string of the molecule is COc1ccc(C)cc1NC(=O)CN1C(=O)NC2(CCCCCCC2)C1=O. The number of methoxy groups -OCH3 is 1. The Bertz CT molecular complexity index is 739. The second kappa shape index (κ2) is 7.98. The molecule has 2 aliphatic rings. The average Bonchev–Trinajstić information content (AvgIpc) is 2.83. The molecule has 7 nitrogen and oxygen atoms in total. The van der Waals surface area contributed by atoms with Crippen LogP contribution in [0.15, 0.2) is 18.2 Å². The van der Waals surface area contributed by atoms with Crippen molar-refractivity contribution in [2.75, 3.05) is 19.0 Å². The number of anilines is 1. The lowest BCUT2D eigenvalue weighted by Crippen LogP contribution is -2.47. The van der Waals surface area contributed by atoms with Crippen LogP contribution in [-0.2, 0) is 9.59 Å². The minimum Gasteiger partial charge on any atom is -0.495 e. The monoisotopic (exact) mass is 373 g/mol. The molecule has 4 amide bonds. The summed E-state index contributed by atoms with van der Waals surface area (Å²) in [5.41, 5.74) is 0.656. The molecule has 1 spiro atoms. The number of benzene rings is 1. The zero-order valence-corrected chi connectivity index (χ0v) is 16.0. The van der Waals surface area contributed by atoms with Gasteiger partial charge in [-0.15, -0.1) is 0 Å². The van der Waals surface area contributed by atoms with E-state index in [-0.39, 0.29) is 12.5 Å². The molecule has 1 aromatic rings. The van der Waals surface area contributed by atoms with Crippen molar-refractivity contribution < 1.29 is 19.1 Å². The molecule has 1 aromatic carbocycles. The number of ether oxygens (including phenoxy) is 1. The van der Waals surface area contributed by atoms with Crippen LogP contribution < -0.4 is 15.4 Å². The standard InChI is InChI=1S/C20H27N3O4/c1-14-8-9-16(27-2)15(12-14)21-17(24)13-23-18(25)20(22-19(23)26)10-6-4-3-5-7-11-20/h8-9,12H,3-7,10-11,13H2,1-2H3,(H,21,24)(H,22,26). The minimum absolute atomic E-state index is 0.277. The number of hydrogen-bond donors (Lipinski definition) is 2. The molecule has 1 heterocycles. The highest BCUT2D eigenvalue weighted by Gasteiger charge is 2.50. The molecule has 0 atom stereocenters. The van der Waals surface area contributed by atoms with Crippen LogP contribution in [0.3, 0.4) is 0 Å². The fourth-order valence-corrected chi connectivity index (χ4v) is 3.92. The molecule has 1 aliphatic carbocycles. The van der Waals surface area contributed by atoms with Crippen LogP contribution in [-0.4, -0.2) is 41.9 Å². The van der Waals surface area contributed by atoms with E-state index in [0.717, 1.165) is 36.1 Å². The molecule has 3 rings (SSSR count). The topological polar surface area (TPSA) is 87.7 Å². The number of imide groups is 1. The second-order valence-electron chi connectivity index (χ2n) is 7.42. The lowest BCUT2D eigenvalue weighted by Gasteiger charge is -2.28. The van der Waals surface area contributed by atoms with Gasteiger partial charge in [-0.1, -0.05) is 38.2 Å². The fourth-order valence-electron chi connectivity index (χ4n) is 3.92. The van der Waals surface area contributed by atoms with Crippen LogP contribution in [0.2, 0.25) is 0 Å². The van der Waals surface area contributed by atoms with Gasteiger partial charge in [-0.05, 0) is 37.5 Å². The maximum absolute atomic E-state index is 13.0. The Morgan fingerprint density at radius 2 is 1.85 bits per heavy atom. The molecule has 7 heteroatoms. The predicted molar refractivity (Wildman–Crippen MR) is 102 cm³/mol. The molecule has 27 heavy (non-hydrogen) atoms. The molecule has 2 N–H and O–H groups in total. The smallest absolute Gasteiger partial charge is 0.325 e. The number of hydrogen-bond acceptors (Lipinski definition) is 4. The van der Waals surface area contributed by atoms with Crippen molar-refractivity contribution in [1.82, 2.24) is 10.2 Å². The molecule has 0 unspecified atom stereocenters. The second-order valence-corrected chi connectivity index (χ2v) is 7.42. The van der Waals surface area contributed by atoms with Gasteiger partial charge in [0.05, 0.1) is 12.8 Å². The number of aryl methyl sites for hydroxylation is 1. The Morgan fingerprint density at radius 3 is 2.52 bits per heavy atom. The summed E-state index contributed by atoms with van der Waals surface area (Å²) in [6, 6.07) is 4.96. The first kappa shape index (κ1) is 19.2. The van der Waals surface area contributed by atoms with E-state index in [9.17, 15) is 14.4 Å². The van der Waals surface area contributed by atoms with Crippen LogP contribution in [0.5, 0.6) is 5.75 Å². The van der Waals surface area contributed by atoms with E-state index in [1.165, 1.54) is 13.5 Å². The Labute approximate surface area is 159 Å². The Morgan fingerprint density at radius 1 is 1.19 bits per heavy atom. The number of carbonyl (C=O) groups is 3. The fraction of sp³-hybridized carbons (Fsp3) is 0.550. The van der Waals surface area contributed by atoms with Gasteiger partial charge in [0.15, 0.2) is 0 Å². The number of amides is 4. The summed E-state index contributed by atoms with van der Waals surface area (Å²) in [6.07, 6.45) is 6.40. The average molecular weight is 373 g/mol. The van der Waals surface area contributed by atoms with Crippen molar-refractivity contribution in [3.05, 3.63) is 23.8 Å². The van der Waals surface area contributed by atoms with Crippen molar-refractivity contribution in [1.29, 1.82) is 0 Å². The van der Waals surface area contributed by atoms with Crippen molar-refractivity contribution >= 4 is 23.5 Å². The first-order valence-corrected chi connectivity index (χ1v) is 9.54. The highest BCUT2D eigenvalue weighted by molar-refractivity contribution is 6.10. The van der Waals surface area contributed by atoms with Gasteiger partial charge in [0, 0.05) is 0 Å². The van der Waals surface area contributed by atoms with Gasteiger partial charge in [0.1, 0.15) is 17.8 Å². The molecule has 1 saturated heterocycles. The van der Waals surface area contributed by atoms with Crippen molar-refractivity contribution in [2.45, 2.75) is 57.4 Å². The quantitative estimate of drug-likeness (QED) is 0.794. The molecule has 1 aliphatic heterocycles. The van der Waals surface area contributed by atoms with Crippen molar-refractivity contribution in [3.8, 4) is 5.75 Å². The van der Waals surface area contributed by atoms with Crippen LogP contribution in [0, 0.1) is 6.92 Å². The zero-order chi connectivity index (χ0) is 19.4. The highest BCUT2D eigenvalue weighted by Crippen LogP contribution is 2.32. The molecule has 146 valence electrons. The van der Waals surface area contributed by atoms with Gasteiger partial charge in [-0.25, -0.2) is 4.79 Å². The first-order chi connectivity index (χ1) is 12.9. The zero-order valence-electron chi connectivity index (χ0n) is 16.0. The third kappa shape index (κ3) is 4.07. The van der Waals surface area contributed by atoms with Crippen molar-refractivity contribution in [3.63, 3.8) is 0 Å². The lowest BCUT2D eigenvalue weighted by molar-refractivity contribution is -0.134. The Hall–Kier alpha value is -2.57. The van der Waals surface area contributed by atoms with Gasteiger partial charge >= 0.3 is 6.03 Å². The van der Waals surface area contributed by atoms with Crippen molar-refractivity contribution in [2.24, 2.45) is 0 Å². The molecule has 0 bridgehead atoms. The summed E-state index contributed by atoms with van der Waals surface area (Å²) in [6.45, 7) is 1.61.